The van der Waals surface area contributed by atoms with Crippen LogP contribution in [0.3, 0.4) is 0 Å². The zero-order valence-electron chi connectivity index (χ0n) is 10.8. The summed E-state index contributed by atoms with van der Waals surface area (Å²) in [5.41, 5.74) is 1.02. The Hall–Kier alpha value is -1.51. The third-order valence-electron chi connectivity index (χ3n) is 2.32. The van der Waals surface area contributed by atoms with Gasteiger partial charge in [-0.2, -0.15) is 0 Å². The van der Waals surface area contributed by atoms with Crippen molar-refractivity contribution in [2.45, 2.75) is 13.5 Å². The van der Waals surface area contributed by atoms with Crippen molar-refractivity contribution in [1.29, 1.82) is 0 Å². The van der Waals surface area contributed by atoms with Gasteiger partial charge >= 0.3 is 0 Å². The van der Waals surface area contributed by atoms with E-state index in [1.54, 1.807) is 0 Å². The van der Waals surface area contributed by atoms with Gasteiger partial charge in [0.05, 0.1) is 0 Å². The molecular weight excluding hydrogens is 308 g/mol. The molecule has 0 atom stereocenters. The number of terminal acetylenes is 1. The molecule has 4 nitrogen and oxygen atoms in total. The van der Waals surface area contributed by atoms with Crippen LogP contribution in [0.2, 0.25) is 0 Å². The molecule has 5 heteroatoms. The van der Waals surface area contributed by atoms with Gasteiger partial charge < -0.3 is 15.4 Å². The molecule has 0 heterocycles. The molecule has 0 aliphatic rings. The zero-order chi connectivity index (χ0) is 14.1. The van der Waals surface area contributed by atoms with Crippen LogP contribution in [-0.2, 0) is 11.3 Å². The Bertz CT molecular complexity index is 469. The number of nitrogens with one attached hydrogen (secondary N) is 2. The first-order chi connectivity index (χ1) is 9.13. The highest BCUT2D eigenvalue weighted by Crippen LogP contribution is 2.23. The second-order valence-electron chi connectivity index (χ2n) is 3.90. The van der Waals surface area contributed by atoms with Crippen LogP contribution in [0, 0.1) is 12.3 Å². The average Bonchev–Trinajstić information content (AvgIpc) is 2.37. The van der Waals surface area contributed by atoms with Gasteiger partial charge in [-0.25, -0.2) is 0 Å². The summed E-state index contributed by atoms with van der Waals surface area (Å²) in [5, 5.41) is 5.96. The van der Waals surface area contributed by atoms with E-state index in [-0.39, 0.29) is 12.5 Å². The van der Waals surface area contributed by atoms with Crippen molar-refractivity contribution in [1.82, 2.24) is 10.6 Å². The summed E-state index contributed by atoms with van der Waals surface area (Å²) in [6.45, 7) is 3.70. The van der Waals surface area contributed by atoms with Crippen molar-refractivity contribution in [2.24, 2.45) is 0 Å². The molecule has 0 aliphatic carbocycles. The highest BCUT2D eigenvalue weighted by atomic mass is 79.9. The lowest BCUT2D eigenvalue weighted by atomic mass is 10.2. The molecular formula is C14H17BrN2O2. The minimum Gasteiger partial charge on any atom is -0.481 e. The fraction of sp³-hybridized carbons (Fsp3) is 0.357. The van der Waals surface area contributed by atoms with Gasteiger partial charge in [-0.1, -0.05) is 21.9 Å². The van der Waals surface area contributed by atoms with Gasteiger partial charge in [-0.3, -0.25) is 4.79 Å². The first kappa shape index (κ1) is 15.5. The number of carbonyl (C=O) groups excluding carboxylic acids is 1. The van der Waals surface area contributed by atoms with Crippen molar-refractivity contribution < 1.29 is 9.53 Å². The number of ether oxygens (including phenoxy) is 1. The van der Waals surface area contributed by atoms with Crippen molar-refractivity contribution in [3.8, 4) is 18.1 Å². The summed E-state index contributed by atoms with van der Waals surface area (Å²) in [4.78, 5) is 10.7. The van der Waals surface area contributed by atoms with Crippen molar-refractivity contribution in [2.75, 3.05) is 19.7 Å². The Morgan fingerprint density at radius 1 is 1.47 bits per heavy atom. The van der Waals surface area contributed by atoms with E-state index in [1.165, 1.54) is 6.92 Å². The lowest BCUT2D eigenvalue weighted by Gasteiger charge is -2.11. The molecule has 0 bridgehead atoms. The van der Waals surface area contributed by atoms with Gasteiger partial charge in [-0.15, -0.1) is 6.42 Å². The molecule has 0 radical (unpaired) electrons. The molecule has 1 amide bonds. The molecule has 1 rings (SSSR count). The Labute approximate surface area is 122 Å². The molecule has 2 N–H and O–H groups in total. The van der Waals surface area contributed by atoms with Gasteiger partial charge in [0.25, 0.3) is 0 Å². The minimum absolute atomic E-state index is 0.0256. The quantitative estimate of drug-likeness (QED) is 0.592. The Morgan fingerprint density at radius 3 is 2.95 bits per heavy atom. The van der Waals surface area contributed by atoms with Crippen molar-refractivity contribution >= 4 is 21.8 Å². The predicted octanol–water partition coefficient (Wildman–Crippen LogP) is 1.69. The fourth-order valence-electron chi connectivity index (χ4n) is 1.50. The summed E-state index contributed by atoms with van der Waals surface area (Å²) < 4.78 is 6.46. The normalized spacial score (nSPS) is 9.74. The lowest BCUT2D eigenvalue weighted by molar-refractivity contribution is -0.118. The third-order valence-corrected chi connectivity index (χ3v) is 2.82. The maximum Gasteiger partial charge on any atom is 0.216 e. The van der Waals surface area contributed by atoms with Crippen LogP contribution in [0.5, 0.6) is 5.75 Å². The largest absolute Gasteiger partial charge is 0.481 e. The van der Waals surface area contributed by atoms with Crippen LogP contribution in [-0.4, -0.2) is 25.6 Å². The molecule has 0 spiro atoms. The smallest absolute Gasteiger partial charge is 0.216 e. The maximum atomic E-state index is 10.7. The lowest BCUT2D eigenvalue weighted by Crippen LogP contribution is -2.30. The van der Waals surface area contributed by atoms with E-state index in [0.717, 1.165) is 15.8 Å². The molecule has 0 aromatic heterocycles. The van der Waals surface area contributed by atoms with Crippen LogP contribution in [0.1, 0.15) is 12.5 Å². The Balaban J connectivity index is 2.48. The predicted molar refractivity (Wildman–Crippen MR) is 78.9 cm³/mol. The van der Waals surface area contributed by atoms with Gasteiger partial charge in [-0.05, 0) is 18.2 Å². The highest BCUT2D eigenvalue weighted by Gasteiger charge is 2.04. The molecule has 0 fully saturated rings. The Kier molecular flexibility index (Phi) is 7.01. The molecule has 1 aromatic carbocycles. The number of benzene rings is 1. The summed E-state index contributed by atoms with van der Waals surface area (Å²) in [7, 11) is 0. The first-order valence-corrected chi connectivity index (χ1v) is 6.72. The van der Waals surface area contributed by atoms with E-state index in [4.69, 9.17) is 11.2 Å². The van der Waals surface area contributed by atoms with E-state index in [0.29, 0.717) is 19.6 Å². The van der Waals surface area contributed by atoms with Crippen LogP contribution < -0.4 is 15.4 Å². The number of hydrogen-bond acceptors (Lipinski definition) is 3. The SMILES string of the molecule is C#CCOc1ccc(Br)cc1CNCCNC(C)=O. The summed E-state index contributed by atoms with van der Waals surface area (Å²) in [6.07, 6.45) is 5.18. The molecule has 0 saturated heterocycles. The summed E-state index contributed by atoms with van der Waals surface area (Å²) in [6, 6.07) is 5.77. The Morgan fingerprint density at radius 2 is 2.26 bits per heavy atom. The fourth-order valence-corrected chi connectivity index (χ4v) is 1.90. The maximum absolute atomic E-state index is 10.7. The minimum atomic E-state index is -0.0256. The van der Waals surface area contributed by atoms with Gasteiger partial charge in [0, 0.05) is 36.6 Å². The van der Waals surface area contributed by atoms with Crippen LogP contribution in [0.15, 0.2) is 22.7 Å². The first-order valence-electron chi connectivity index (χ1n) is 5.93. The van der Waals surface area contributed by atoms with Crippen molar-refractivity contribution in [3.63, 3.8) is 0 Å². The topological polar surface area (TPSA) is 50.4 Å². The molecule has 0 unspecified atom stereocenters. The van der Waals surface area contributed by atoms with Crippen LogP contribution >= 0.6 is 15.9 Å². The number of rotatable bonds is 7. The third kappa shape index (κ3) is 6.27. The van der Waals surface area contributed by atoms with E-state index in [9.17, 15) is 4.79 Å². The molecule has 102 valence electrons. The monoisotopic (exact) mass is 324 g/mol. The van der Waals surface area contributed by atoms with Gasteiger partial charge in [0.2, 0.25) is 5.91 Å². The molecule has 0 aliphatic heterocycles. The number of amides is 1. The second-order valence-corrected chi connectivity index (χ2v) is 4.82. The summed E-state index contributed by atoms with van der Waals surface area (Å²) >= 11 is 3.43. The number of carbonyl (C=O) groups is 1. The average molecular weight is 325 g/mol. The van der Waals surface area contributed by atoms with Crippen LogP contribution in [0.25, 0.3) is 0 Å². The van der Waals surface area contributed by atoms with E-state index in [2.05, 4.69) is 32.5 Å². The molecule has 0 saturated carbocycles. The van der Waals surface area contributed by atoms with E-state index >= 15 is 0 Å². The molecule has 1 aromatic rings. The number of hydrogen-bond donors (Lipinski definition) is 2. The number of halogens is 1. The van der Waals surface area contributed by atoms with Gasteiger partial charge in [0.15, 0.2) is 0 Å². The second kappa shape index (κ2) is 8.57. The molecule has 19 heavy (non-hydrogen) atoms. The standard InChI is InChI=1S/C14H17BrN2O2/c1-3-8-19-14-5-4-13(15)9-12(14)10-16-6-7-17-11(2)18/h1,4-5,9,16H,6-8,10H2,2H3,(H,17,18). The summed E-state index contributed by atoms with van der Waals surface area (Å²) in [5.74, 6) is 3.19. The van der Waals surface area contributed by atoms with Crippen LogP contribution in [0.4, 0.5) is 0 Å². The van der Waals surface area contributed by atoms with Crippen molar-refractivity contribution in [3.05, 3.63) is 28.2 Å². The van der Waals surface area contributed by atoms with E-state index in [1.807, 2.05) is 18.2 Å². The van der Waals surface area contributed by atoms with Gasteiger partial charge in [0.1, 0.15) is 12.4 Å². The van der Waals surface area contributed by atoms with E-state index < -0.39 is 0 Å². The highest BCUT2D eigenvalue weighted by molar-refractivity contribution is 9.10. The zero-order valence-corrected chi connectivity index (χ0v) is 12.4.